The Morgan fingerprint density at radius 2 is 1.87 bits per heavy atom. The van der Waals surface area contributed by atoms with Gasteiger partial charge in [-0.15, -0.1) is 0 Å². The van der Waals surface area contributed by atoms with Crippen LogP contribution in [0.1, 0.15) is 13.8 Å². The maximum Gasteiger partial charge on any atom is 0.239 e. The minimum absolute atomic E-state index is 0.0870. The van der Waals surface area contributed by atoms with Crippen molar-refractivity contribution in [2.24, 2.45) is 11.7 Å². The van der Waals surface area contributed by atoms with Gasteiger partial charge in [0.1, 0.15) is 0 Å². The van der Waals surface area contributed by atoms with Crippen molar-refractivity contribution in [3.05, 3.63) is 0 Å². The number of hydrogen-bond donors (Lipinski definition) is 4. The van der Waals surface area contributed by atoms with E-state index in [0.29, 0.717) is 0 Å². The second-order valence-electron chi connectivity index (χ2n) is 3.60. The Kier molecular flexibility index (Phi) is 6.64. The molecule has 88 valence electrons. The summed E-state index contributed by atoms with van der Waals surface area (Å²) in [5, 5.41) is 14.2. The predicted octanol–water partition coefficient (Wildman–Crippen LogP) is -1.81. The molecule has 0 radical (unpaired) electrons. The van der Waals surface area contributed by atoms with Gasteiger partial charge in [0.25, 0.3) is 0 Å². The van der Waals surface area contributed by atoms with Gasteiger partial charge in [-0.2, -0.15) is 0 Å². The number of rotatable bonds is 6. The molecule has 0 aliphatic rings. The normalized spacial score (nSPS) is 12.3. The first-order valence-electron chi connectivity index (χ1n) is 4.89. The van der Waals surface area contributed by atoms with Crippen molar-refractivity contribution in [2.75, 3.05) is 19.6 Å². The number of nitrogens with one attached hydrogen (secondary N) is 2. The molecule has 1 unspecified atom stereocenters. The fourth-order valence-corrected chi connectivity index (χ4v) is 0.768. The quantitative estimate of drug-likeness (QED) is 0.421. The summed E-state index contributed by atoms with van der Waals surface area (Å²) in [6.07, 6.45) is -0.570. The van der Waals surface area contributed by atoms with Crippen LogP contribution in [0.2, 0.25) is 0 Å². The zero-order valence-corrected chi connectivity index (χ0v) is 9.12. The van der Waals surface area contributed by atoms with Crippen LogP contribution in [-0.2, 0) is 9.59 Å². The van der Waals surface area contributed by atoms with Gasteiger partial charge >= 0.3 is 0 Å². The number of aliphatic hydroxyl groups excluding tert-OH is 1. The largest absolute Gasteiger partial charge is 0.391 e. The molecular weight excluding hydrogens is 198 g/mol. The zero-order chi connectivity index (χ0) is 11.8. The summed E-state index contributed by atoms with van der Waals surface area (Å²) in [6.45, 7) is 3.65. The third-order valence-electron chi connectivity index (χ3n) is 1.91. The van der Waals surface area contributed by atoms with Crippen LogP contribution in [-0.4, -0.2) is 42.7 Å². The standard InChI is InChI=1S/C9H19N3O3/c1-6(2)7(13)4-11-9(15)5-12-8(14)3-10/h6-7,13H,3-5,10H2,1-2H3,(H,11,15)(H,12,14). The molecule has 15 heavy (non-hydrogen) atoms. The third-order valence-corrected chi connectivity index (χ3v) is 1.91. The molecule has 6 nitrogen and oxygen atoms in total. The highest BCUT2D eigenvalue weighted by Gasteiger charge is 2.10. The van der Waals surface area contributed by atoms with Crippen LogP contribution < -0.4 is 16.4 Å². The number of carbonyl (C=O) groups excluding carboxylic acids is 2. The maximum atomic E-state index is 11.1. The van der Waals surface area contributed by atoms with Crippen molar-refractivity contribution in [1.29, 1.82) is 0 Å². The predicted molar refractivity (Wildman–Crippen MR) is 55.9 cm³/mol. The molecule has 6 heteroatoms. The molecular formula is C9H19N3O3. The average Bonchev–Trinajstić information content (AvgIpc) is 2.21. The molecule has 0 saturated carbocycles. The van der Waals surface area contributed by atoms with E-state index in [9.17, 15) is 14.7 Å². The van der Waals surface area contributed by atoms with Gasteiger partial charge in [-0.3, -0.25) is 9.59 Å². The van der Waals surface area contributed by atoms with Crippen LogP contribution in [0, 0.1) is 5.92 Å². The first-order chi connectivity index (χ1) is 6.97. The Morgan fingerprint density at radius 3 is 2.33 bits per heavy atom. The lowest BCUT2D eigenvalue weighted by Gasteiger charge is -2.15. The van der Waals surface area contributed by atoms with Gasteiger partial charge in [0.2, 0.25) is 11.8 Å². The lowest BCUT2D eigenvalue weighted by atomic mass is 10.1. The molecule has 0 rings (SSSR count). The van der Waals surface area contributed by atoms with Gasteiger partial charge in [0.15, 0.2) is 0 Å². The molecule has 0 aliphatic heterocycles. The van der Waals surface area contributed by atoms with E-state index in [1.807, 2.05) is 13.8 Å². The smallest absolute Gasteiger partial charge is 0.239 e. The topological polar surface area (TPSA) is 104 Å². The zero-order valence-electron chi connectivity index (χ0n) is 9.12. The molecule has 0 fully saturated rings. The van der Waals surface area contributed by atoms with Crippen molar-refractivity contribution in [1.82, 2.24) is 10.6 Å². The highest BCUT2D eigenvalue weighted by molar-refractivity contribution is 5.85. The van der Waals surface area contributed by atoms with Crippen LogP contribution in [0.3, 0.4) is 0 Å². The summed E-state index contributed by atoms with van der Waals surface area (Å²) in [6, 6.07) is 0. The maximum absolute atomic E-state index is 11.1. The Hall–Kier alpha value is -1.14. The van der Waals surface area contributed by atoms with Gasteiger partial charge in [-0.05, 0) is 5.92 Å². The van der Waals surface area contributed by atoms with E-state index in [0.717, 1.165) is 0 Å². The second kappa shape index (κ2) is 7.19. The molecule has 0 spiro atoms. The Morgan fingerprint density at radius 1 is 1.27 bits per heavy atom. The van der Waals surface area contributed by atoms with Gasteiger partial charge in [-0.25, -0.2) is 0 Å². The van der Waals surface area contributed by atoms with Crippen molar-refractivity contribution >= 4 is 11.8 Å². The number of nitrogens with two attached hydrogens (primary N) is 1. The van der Waals surface area contributed by atoms with Crippen molar-refractivity contribution in [3.8, 4) is 0 Å². The van der Waals surface area contributed by atoms with Crippen LogP contribution >= 0.6 is 0 Å². The molecule has 0 aliphatic carbocycles. The highest BCUT2D eigenvalue weighted by atomic mass is 16.3. The molecule has 5 N–H and O–H groups in total. The molecule has 0 aromatic heterocycles. The van der Waals surface area contributed by atoms with E-state index in [4.69, 9.17) is 5.73 Å². The third kappa shape index (κ3) is 6.87. The Bertz CT molecular complexity index is 219. The molecule has 0 aromatic rings. The van der Waals surface area contributed by atoms with Crippen molar-refractivity contribution < 1.29 is 14.7 Å². The number of aliphatic hydroxyl groups is 1. The number of amides is 2. The second-order valence-corrected chi connectivity index (χ2v) is 3.60. The minimum atomic E-state index is -0.570. The molecule has 0 aromatic carbocycles. The van der Waals surface area contributed by atoms with Crippen molar-refractivity contribution in [3.63, 3.8) is 0 Å². The van der Waals surface area contributed by atoms with E-state index < -0.39 is 6.10 Å². The SMILES string of the molecule is CC(C)C(O)CNC(=O)CNC(=O)CN. The monoisotopic (exact) mass is 217 g/mol. The summed E-state index contributed by atoms with van der Waals surface area (Å²) in [5.41, 5.74) is 5.04. The number of carbonyl (C=O) groups is 2. The molecule has 0 saturated heterocycles. The summed E-state index contributed by atoms with van der Waals surface area (Å²) >= 11 is 0. The lowest BCUT2D eigenvalue weighted by Crippen LogP contribution is -2.42. The Balaban J connectivity index is 3.62. The van der Waals surface area contributed by atoms with E-state index in [1.165, 1.54) is 0 Å². The van der Waals surface area contributed by atoms with Crippen LogP contribution in [0.5, 0.6) is 0 Å². The fraction of sp³-hybridized carbons (Fsp3) is 0.778. The summed E-state index contributed by atoms with van der Waals surface area (Å²) in [4.78, 5) is 21.8. The highest BCUT2D eigenvalue weighted by Crippen LogP contribution is 1.98. The van der Waals surface area contributed by atoms with Gasteiger partial charge in [-0.1, -0.05) is 13.8 Å². The van der Waals surface area contributed by atoms with E-state index in [2.05, 4.69) is 10.6 Å². The van der Waals surface area contributed by atoms with Crippen LogP contribution in [0.4, 0.5) is 0 Å². The molecule has 1 atom stereocenters. The van der Waals surface area contributed by atoms with Gasteiger partial charge in [0, 0.05) is 6.54 Å². The molecule has 2 amide bonds. The molecule has 0 heterocycles. The lowest BCUT2D eigenvalue weighted by molar-refractivity contribution is -0.125. The van der Waals surface area contributed by atoms with Crippen molar-refractivity contribution in [2.45, 2.75) is 20.0 Å². The van der Waals surface area contributed by atoms with E-state index >= 15 is 0 Å². The fourth-order valence-electron chi connectivity index (χ4n) is 0.768. The average molecular weight is 217 g/mol. The first-order valence-corrected chi connectivity index (χ1v) is 4.89. The van der Waals surface area contributed by atoms with Gasteiger partial charge in [0.05, 0.1) is 19.2 Å². The van der Waals surface area contributed by atoms with Crippen LogP contribution in [0.25, 0.3) is 0 Å². The summed E-state index contributed by atoms with van der Waals surface area (Å²) < 4.78 is 0. The molecule has 0 bridgehead atoms. The van der Waals surface area contributed by atoms with Crippen LogP contribution in [0.15, 0.2) is 0 Å². The minimum Gasteiger partial charge on any atom is -0.391 e. The first kappa shape index (κ1) is 13.9. The van der Waals surface area contributed by atoms with E-state index in [1.54, 1.807) is 0 Å². The summed E-state index contributed by atoms with van der Waals surface area (Å²) in [7, 11) is 0. The van der Waals surface area contributed by atoms with Gasteiger partial charge < -0.3 is 21.5 Å². The number of hydrogen-bond acceptors (Lipinski definition) is 4. The van der Waals surface area contributed by atoms with E-state index in [-0.39, 0.29) is 37.4 Å². The Labute approximate surface area is 89.2 Å². The summed E-state index contributed by atoms with van der Waals surface area (Å²) in [5.74, 6) is -0.630.